The first-order chi connectivity index (χ1) is 17.1. The van der Waals surface area contributed by atoms with E-state index in [1.54, 1.807) is 107 Å². The number of rotatable bonds is 6. The van der Waals surface area contributed by atoms with Gasteiger partial charge in [0.25, 0.3) is 0 Å². The summed E-state index contributed by atoms with van der Waals surface area (Å²) in [7, 11) is -11.2. The van der Waals surface area contributed by atoms with E-state index in [9.17, 15) is 31.0 Å². The van der Waals surface area contributed by atoms with E-state index in [-0.39, 0.29) is 0 Å². The Kier molecular flexibility index (Phi) is 11.1. The Morgan fingerprint density at radius 1 is 0.711 bits per heavy atom. The molecule has 0 fully saturated rings. The number of hydrogen-bond acceptors (Lipinski definition) is 9. The number of ether oxygens (including phenoxy) is 2. The highest BCUT2D eigenvalue weighted by atomic mass is 32.2. The molecule has 0 aliphatic heterocycles. The molecule has 2 aromatic rings. The lowest BCUT2D eigenvalue weighted by Gasteiger charge is -2.22. The van der Waals surface area contributed by atoms with Gasteiger partial charge in [-0.1, -0.05) is 60.7 Å². The van der Waals surface area contributed by atoms with Gasteiger partial charge in [-0.15, -0.1) is 0 Å². The maximum atomic E-state index is 13.7. The summed E-state index contributed by atoms with van der Waals surface area (Å²) < 4.78 is 73.0. The summed E-state index contributed by atoms with van der Waals surface area (Å²) in [6.07, 6.45) is -1.16. The summed E-state index contributed by atoms with van der Waals surface area (Å²) in [4.78, 5) is 22.6. The van der Waals surface area contributed by atoms with Crippen LogP contribution in [0.2, 0.25) is 0 Å². The van der Waals surface area contributed by atoms with E-state index in [0.29, 0.717) is 10.6 Å². The van der Waals surface area contributed by atoms with Gasteiger partial charge in [-0.05, 0) is 41.5 Å². The summed E-state index contributed by atoms with van der Waals surface area (Å²) >= 11 is 0. The predicted molar refractivity (Wildman–Crippen MR) is 147 cm³/mol. The highest BCUT2D eigenvalue weighted by Gasteiger charge is 2.35. The molecule has 38 heavy (non-hydrogen) atoms. The number of amides is 2. The molecule has 11 nitrogen and oxygen atoms in total. The van der Waals surface area contributed by atoms with Crippen molar-refractivity contribution in [1.29, 1.82) is 0 Å². The largest absolute Gasteiger partial charge is 0.443 e. The zero-order valence-corrected chi connectivity index (χ0v) is 24.9. The van der Waals surface area contributed by atoms with Crippen molar-refractivity contribution in [3.05, 3.63) is 60.7 Å². The van der Waals surface area contributed by atoms with Crippen LogP contribution in [0.25, 0.3) is 0 Å². The summed E-state index contributed by atoms with van der Waals surface area (Å²) in [5, 5.41) is 0.807. The topological polar surface area (TPSA) is 162 Å². The lowest BCUT2D eigenvalue weighted by atomic mass is 10.2. The van der Waals surface area contributed by atoms with Crippen LogP contribution in [0.5, 0.6) is 0 Å². The fraction of sp³-hybridized carbons (Fsp3) is 0.417. The second kappa shape index (κ2) is 12.8. The smallest absolute Gasteiger partial charge is 0.421 e. The van der Waals surface area contributed by atoms with Gasteiger partial charge in [0.1, 0.15) is 16.7 Å². The van der Waals surface area contributed by atoms with E-state index >= 15 is 0 Å². The molecule has 0 aliphatic rings. The fourth-order valence-electron chi connectivity index (χ4n) is 2.78. The summed E-state index contributed by atoms with van der Waals surface area (Å²) in [6.45, 7) is 9.81. The molecule has 0 atom stereocenters. The molecular formula is C24H35N2O9PS2. The quantitative estimate of drug-likeness (QED) is 0.481. The fourth-order valence-corrected chi connectivity index (χ4v) is 8.39. The molecule has 14 heteroatoms. The van der Waals surface area contributed by atoms with Crippen LogP contribution in [0.3, 0.4) is 0 Å². The third-order valence-corrected chi connectivity index (χ3v) is 10.1. The lowest BCUT2D eigenvalue weighted by Crippen LogP contribution is -2.38. The van der Waals surface area contributed by atoms with Crippen LogP contribution < -0.4 is 20.1 Å². The molecule has 0 heterocycles. The second-order valence-electron chi connectivity index (χ2n) is 10.1. The van der Waals surface area contributed by atoms with Crippen LogP contribution >= 0.6 is 7.14 Å². The second-order valence-corrected chi connectivity index (χ2v) is 16.9. The van der Waals surface area contributed by atoms with E-state index in [0.717, 1.165) is 6.26 Å². The van der Waals surface area contributed by atoms with Crippen molar-refractivity contribution in [1.82, 2.24) is 9.44 Å². The van der Waals surface area contributed by atoms with E-state index < -0.39 is 56.1 Å². The average Bonchev–Trinajstić information content (AvgIpc) is 2.70. The Balaban J connectivity index is 0.000000508. The molecule has 0 spiro atoms. The molecule has 0 aliphatic carbocycles. The molecule has 0 radical (unpaired) electrons. The van der Waals surface area contributed by atoms with Crippen LogP contribution in [0.4, 0.5) is 9.59 Å². The lowest BCUT2D eigenvalue weighted by molar-refractivity contribution is 0.0557. The SMILES string of the molecule is CC(C)(C)OC(=O)NS(=O)(=O)CP(=O)(c1ccccc1)c1ccccc1.CC(C)(C)OC(=O)NS(C)(=O)=O. The minimum Gasteiger partial charge on any atom is -0.443 e. The molecule has 0 saturated carbocycles. The van der Waals surface area contributed by atoms with Gasteiger partial charge in [-0.3, -0.25) is 0 Å². The van der Waals surface area contributed by atoms with Gasteiger partial charge in [-0.25, -0.2) is 35.9 Å². The van der Waals surface area contributed by atoms with Crippen molar-refractivity contribution in [2.45, 2.75) is 52.7 Å². The monoisotopic (exact) mass is 590 g/mol. The molecular weight excluding hydrogens is 555 g/mol. The number of carbonyl (C=O) groups is 2. The van der Waals surface area contributed by atoms with Gasteiger partial charge < -0.3 is 14.0 Å². The van der Waals surface area contributed by atoms with Gasteiger partial charge in [0.05, 0.1) is 6.26 Å². The first-order valence-corrected chi connectivity index (χ1v) is 16.7. The van der Waals surface area contributed by atoms with Crippen molar-refractivity contribution in [2.75, 3.05) is 11.7 Å². The number of nitrogens with one attached hydrogen (secondary N) is 2. The van der Waals surface area contributed by atoms with E-state index in [1.807, 2.05) is 4.72 Å². The van der Waals surface area contributed by atoms with Gasteiger partial charge >= 0.3 is 12.2 Å². The van der Waals surface area contributed by atoms with Gasteiger partial charge in [0.15, 0.2) is 7.14 Å². The Hall–Kier alpha value is -2.89. The zero-order chi connectivity index (χ0) is 29.4. The Labute approximate surface area is 224 Å². The van der Waals surface area contributed by atoms with Crippen molar-refractivity contribution in [2.24, 2.45) is 0 Å². The summed E-state index contributed by atoms with van der Waals surface area (Å²) in [6, 6.07) is 16.8. The van der Waals surface area contributed by atoms with Gasteiger partial charge in [0.2, 0.25) is 20.0 Å². The predicted octanol–water partition coefficient (Wildman–Crippen LogP) is 3.28. The van der Waals surface area contributed by atoms with Crippen LogP contribution in [0, 0.1) is 0 Å². The molecule has 212 valence electrons. The number of hydrogen-bond donors (Lipinski definition) is 2. The molecule has 0 bridgehead atoms. The zero-order valence-electron chi connectivity index (χ0n) is 22.4. The highest BCUT2D eigenvalue weighted by molar-refractivity contribution is 8.01. The number of benzene rings is 2. The molecule has 0 saturated heterocycles. The van der Waals surface area contributed by atoms with Gasteiger partial charge in [0, 0.05) is 10.6 Å². The standard InChI is InChI=1S/C18H22NO5PS.C6H13NO4S/c1-18(2,3)24-17(20)19-26(22,23)14-25(21,15-10-6-4-7-11-15)16-12-8-5-9-13-16;1-6(2,3)11-5(8)7-12(4,9)10/h4-13H,14H2,1-3H3,(H,19,20);1-4H3,(H,7,8). The normalized spacial score (nSPS) is 12.4. The highest BCUT2D eigenvalue weighted by Crippen LogP contribution is 2.44. The Morgan fingerprint density at radius 2 is 1.05 bits per heavy atom. The van der Waals surface area contributed by atoms with E-state index in [1.165, 1.54) is 0 Å². The number of sulfonamides is 2. The number of carbonyl (C=O) groups excluding carboxylic acids is 2. The van der Waals surface area contributed by atoms with Crippen molar-refractivity contribution < 1.29 is 40.5 Å². The molecule has 2 amide bonds. The van der Waals surface area contributed by atoms with Crippen molar-refractivity contribution in [3.63, 3.8) is 0 Å². The van der Waals surface area contributed by atoms with Crippen LogP contribution in [0.15, 0.2) is 60.7 Å². The third-order valence-electron chi connectivity index (χ3n) is 4.00. The van der Waals surface area contributed by atoms with Crippen molar-refractivity contribution in [3.8, 4) is 0 Å². The molecule has 0 unspecified atom stereocenters. The van der Waals surface area contributed by atoms with Crippen LogP contribution in [0.1, 0.15) is 41.5 Å². The summed E-state index contributed by atoms with van der Waals surface area (Å²) in [5.41, 5.74) is -2.26. The minimum absolute atomic E-state index is 0.403. The average molecular weight is 591 g/mol. The molecule has 2 aromatic carbocycles. The molecule has 2 rings (SSSR count). The minimum atomic E-state index is -4.19. The maximum Gasteiger partial charge on any atom is 0.421 e. The Morgan fingerprint density at radius 3 is 1.37 bits per heavy atom. The van der Waals surface area contributed by atoms with Gasteiger partial charge in [-0.2, -0.15) is 0 Å². The molecule has 2 N–H and O–H groups in total. The van der Waals surface area contributed by atoms with Crippen LogP contribution in [-0.4, -0.2) is 52.0 Å². The Bertz CT molecular complexity index is 1310. The van der Waals surface area contributed by atoms with Crippen LogP contribution in [-0.2, 0) is 34.1 Å². The van der Waals surface area contributed by atoms with Crippen molar-refractivity contribution >= 4 is 50.0 Å². The summed E-state index contributed by atoms with van der Waals surface area (Å²) in [5.74, 6) is 0. The third kappa shape index (κ3) is 13.1. The first-order valence-electron chi connectivity index (χ1n) is 11.3. The maximum absolute atomic E-state index is 13.7. The first kappa shape index (κ1) is 33.1. The molecule has 0 aromatic heterocycles. The van der Waals surface area contributed by atoms with E-state index in [4.69, 9.17) is 4.74 Å². The van der Waals surface area contributed by atoms with E-state index in [2.05, 4.69) is 4.74 Å².